The average molecular weight is 361 g/mol. The molecule has 1 radical (unpaired) electrons. The Morgan fingerprint density at radius 1 is 1.22 bits per heavy atom. The molecule has 6 heteroatoms. The molecule has 0 saturated heterocycles. The maximum atomic E-state index is 14.2. The summed E-state index contributed by atoms with van der Waals surface area (Å²) in [6.07, 6.45) is 3.27. The van der Waals surface area contributed by atoms with Gasteiger partial charge in [-0.15, -0.1) is 0 Å². The van der Waals surface area contributed by atoms with Crippen molar-refractivity contribution in [1.29, 1.82) is 0 Å². The molecule has 0 aliphatic carbocycles. The van der Waals surface area contributed by atoms with Gasteiger partial charge in [0.2, 0.25) is 0 Å². The predicted octanol–water partition coefficient (Wildman–Crippen LogP) is 4.04. The minimum absolute atomic E-state index is 0.306. The SMILES string of the molecule is CCc1ccc(F)c(-c2cnc(-n3nc(C(C)O)c4cc[c]cc43)nc2)c1. The molecule has 0 aliphatic heterocycles. The van der Waals surface area contributed by atoms with Gasteiger partial charge in [-0.2, -0.15) is 9.78 Å². The molecule has 0 bridgehead atoms. The van der Waals surface area contributed by atoms with Gasteiger partial charge in [-0.05, 0) is 43.2 Å². The van der Waals surface area contributed by atoms with E-state index in [-0.39, 0.29) is 5.82 Å². The van der Waals surface area contributed by atoms with E-state index in [1.807, 2.05) is 19.1 Å². The number of aromatic nitrogens is 4. The van der Waals surface area contributed by atoms with Gasteiger partial charge in [-0.3, -0.25) is 0 Å². The standard InChI is InChI=1S/C21H18FN4O/c1-3-14-8-9-18(22)17(10-14)15-11-23-21(24-12-15)26-19-7-5-4-6-16(19)20(25-26)13(2)27/h4,6-13,27H,3H2,1-2H3. The number of aliphatic hydroxyl groups excluding tert-OH is 1. The summed E-state index contributed by atoms with van der Waals surface area (Å²) in [6, 6.07) is 13.5. The fourth-order valence-corrected chi connectivity index (χ4v) is 3.07. The normalized spacial score (nSPS) is 12.4. The van der Waals surface area contributed by atoms with E-state index in [4.69, 9.17) is 0 Å². The zero-order valence-corrected chi connectivity index (χ0v) is 15.0. The van der Waals surface area contributed by atoms with Crippen LogP contribution in [0.25, 0.3) is 28.0 Å². The number of benzene rings is 2. The highest BCUT2D eigenvalue weighted by Crippen LogP contribution is 2.26. The fourth-order valence-electron chi connectivity index (χ4n) is 3.07. The third kappa shape index (κ3) is 3.08. The topological polar surface area (TPSA) is 63.8 Å². The minimum Gasteiger partial charge on any atom is -0.387 e. The van der Waals surface area contributed by atoms with Crippen LogP contribution < -0.4 is 0 Å². The third-order valence-electron chi connectivity index (χ3n) is 4.53. The molecule has 0 fully saturated rings. The molecule has 0 aliphatic rings. The quantitative estimate of drug-likeness (QED) is 0.596. The van der Waals surface area contributed by atoms with Crippen molar-refractivity contribution in [3.8, 4) is 17.1 Å². The molecule has 4 rings (SSSR count). The lowest BCUT2D eigenvalue weighted by Gasteiger charge is -2.07. The van der Waals surface area contributed by atoms with Crippen molar-refractivity contribution in [2.24, 2.45) is 0 Å². The van der Waals surface area contributed by atoms with Crippen molar-refractivity contribution in [3.05, 3.63) is 71.9 Å². The van der Waals surface area contributed by atoms with Crippen molar-refractivity contribution < 1.29 is 9.50 Å². The Morgan fingerprint density at radius 3 is 2.70 bits per heavy atom. The molecule has 4 aromatic rings. The smallest absolute Gasteiger partial charge is 0.251 e. The van der Waals surface area contributed by atoms with E-state index in [1.54, 1.807) is 42.2 Å². The lowest BCUT2D eigenvalue weighted by Crippen LogP contribution is -2.04. The van der Waals surface area contributed by atoms with Crippen molar-refractivity contribution in [3.63, 3.8) is 0 Å². The first-order chi connectivity index (χ1) is 13.1. The first kappa shape index (κ1) is 17.3. The Morgan fingerprint density at radius 2 is 2.00 bits per heavy atom. The van der Waals surface area contributed by atoms with Crippen LogP contribution in [0.4, 0.5) is 4.39 Å². The molecule has 27 heavy (non-hydrogen) atoms. The zero-order valence-electron chi connectivity index (χ0n) is 15.0. The summed E-state index contributed by atoms with van der Waals surface area (Å²) < 4.78 is 15.8. The van der Waals surface area contributed by atoms with E-state index in [9.17, 15) is 9.50 Å². The Kier molecular flexibility index (Phi) is 4.41. The maximum Gasteiger partial charge on any atom is 0.251 e. The van der Waals surface area contributed by atoms with Crippen LogP contribution in [0, 0.1) is 11.9 Å². The largest absolute Gasteiger partial charge is 0.387 e. The van der Waals surface area contributed by atoms with Crippen LogP contribution in [0.1, 0.15) is 31.2 Å². The average Bonchev–Trinajstić information content (AvgIpc) is 3.09. The van der Waals surface area contributed by atoms with Gasteiger partial charge in [0.25, 0.3) is 5.95 Å². The second-order valence-corrected chi connectivity index (χ2v) is 6.36. The van der Waals surface area contributed by atoms with Gasteiger partial charge < -0.3 is 5.11 Å². The molecular formula is C21H18FN4O. The highest BCUT2D eigenvalue weighted by molar-refractivity contribution is 5.83. The molecule has 2 aromatic heterocycles. The van der Waals surface area contributed by atoms with Crippen LogP contribution in [-0.4, -0.2) is 24.9 Å². The molecule has 2 heterocycles. The number of hydrogen-bond acceptors (Lipinski definition) is 4. The summed E-state index contributed by atoms with van der Waals surface area (Å²) in [7, 11) is 0. The molecule has 5 nitrogen and oxygen atoms in total. The summed E-state index contributed by atoms with van der Waals surface area (Å²) in [6.45, 7) is 3.69. The van der Waals surface area contributed by atoms with E-state index in [2.05, 4.69) is 21.1 Å². The second-order valence-electron chi connectivity index (χ2n) is 6.36. The van der Waals surface area contributed by atoms with Gasteiger partial charge in [0.15, 0.2) is 0 Å². The van der Waals surface area contributed by atoms with Crippen molar-refractivity contribution in [2.75, 3.05) is 0 Å². The summed E-state index contributed by atoms with van der Waals surface area (Å²) >= 11 is 0. The fraction of sp³-hybridized carbons (Fsp3) is 0.190. The zero-order chi connectivity index (χ0) is 19.0. The highest BCUT2D eigenvalue weighted by atomic mass is 19.1. The Hall–Kier alpha value is -3.12. The molecule has 0 saturated carbocycles. The van der Waals surface area contributed by atoms with Crippen LogP contribution in [-0.2, 0) is 6.42 Å². The summed E-state index contributed by atoms with van der Waals surface area (Å²) in [4.78, 5) is 8.74. The number of aliphatic hydroxyl groups is 1. The number of fused-ring (bicyclic) bond motifs is 1. The summed E-state index contributed by atoms with van der Waals surface area (Å²) in [5.41, 5.74) is 3.42. The van der Waals surface area contributed by atoms with Crippen LogP contribution >= 0.6 is 0 Å². The second kappa shape index (κ2) is 6.89. The van der Waals surface area contributed by atoms with Crippen LogP contribution in [0.2, 0.25) is 0 Å². The third-order valence-corrected chi connectivity index (χ3v) is 4.53. The van der Waals surface area contributed by atoms with Gasteiger partial charge in [0.1, 0.15) is 5.82 Å². The van der Waals surface area contributed by atoms with E-state index in [0.717, 1.165) is 22.9 Å². The van der Waals surface area contributed by atoms with E-state index in [0.29, 0.717) is 22.8 Å². The van der Waals surface area contributed by atoms with E-state index in [1.165, 1.54) is 6.07 Å². The molecule has 1 N–H and O–H groups in total. The van der Waals surface area contributed by atoms with Gasteiger partial charge in [0.05, 0.1) is 17.3 Å². The summed E-state index contributed by atoms with van der Waals surface area (Å²) in [5, 5.41) is 15.3. The summed E-state index contributed by atoms with van der Waals surface area (Å²) in [5.74, 6) is 0.0429. The molecule has 0 amide bonds. The van der Waals surface area contributed by atoms with E-state index >= 15 is 0 Å². The lowest BCUT2D eigenvalue weighted by molar-refractivity contribution is 0.195. The Bertz CT molecular complexity index is 1100. The first-order valence-corrected chi connectivity index (χ1v) is 8.76. The molecule has 0 spiro atoms. The Balaban J connectivity index is 1.79. The molecule has 2 aromatic carbocycles. The molecule has 135 valence electrons. The Labute approximate surface area is 156 Å². The number of halogens is 1. The predicted molar refractivity (Wildman–Crippen MR) is 101 cm³/mol. The van der Waals surface area contributed by atoms with Crippen LogP contribution in [0.3, 0.4) is 0 Å². The van der Waals surface area contributed by atoms with E-state index < -0.39 is 6.10 Å². The maximum absolute atomic E-state index is 14.2. The van der Waals surface area contributed by atoms with Crippen molar-refractivity contribution in [2.45, 2.75) is 26.4 Å². The number of rotatable bonds is 4. The number of aryl methyl sites for hydroxylation is 1. The van der Waals surface area contributed by atoms with Crippen LogP contribution in [0.15, 0.2) is 48.8 Å². The molecule has 1 unspecified atom stereocenters. The van der Waals surface area contributed by atoms with Crippen molar-refractivity contribution in [1.82, 2.24) is 19.7 Å². The van der Waals surface area contributed by atoms with Crippen LogP contribution in [0.5, 0.6) is 0 Å². The molecule has 1 atom stereocenters. The van der Waals surface area contributed by atoms with Crippen molar-refractivity contribution >= 4 is 10.9 Å². The van der Waals surface area contributed by atoms with Gasteiger partial charge in [0, 0.05) is 28.9 Å². The van der Waals surface area contributed by atoms with Gasteiger partial charge in [-0.1, -0.05) is 25.1 Å². The van der Waals surface area contributed by atoms with Gasteiger partial charge >= 0.3 is 0 Å². The number of hydrogen-bond donors (Lipinski definition) is 1. The minimum atomic E-state index is -0.721. The monoisotopic (exact) mass is 361 g/mol. The molecular weight excluding hydrogens is 343 g/mol. The van der Waals surface area contributed by atoms with Gasteiger partial charge in [-0.25, -0.2) is 14.4 Å². The first-order valence-electron chi connectivity index (χ1n) is 8.76. The lowest BCUT2D eigenvalue weighted by atomic mass is 10.0. The highest BCUT2D eigenvalue weighted by Gasteiger charge is 2.16. The number of nitrogens with zero attached hydrogens (tertiary/aromatic N) is 4.